The Labute approximate surface area is 147 Å². The summed E-state index contributed by atoms with van der Waals surface area (Å²) in [6, 6.07) is 4.76. The second-order valence-electron chi connectivity index (χ2n) is 6.60. The van der Waals surface area contributed by atoms with E-state index in [1.165, 1.54) is 14.2 Å². The van der Waals surface area contributed by atoms with Gasteiger partial charge in [-0.1, -0.05) is 13.8 Å². The first-order valence-electron chi connectivity index (χ1n) is 8.13. The first-order valence-corrected chi connectivity index (χ1v) is 8.13. The van der Waals surface area contributed by atoms with Gasteiger partial charge in [-0.3, -0.25) is 4.79 Å². The smallest absolute Gasteiger partial charge is 0.330 e. The highest BCUT2D eigenvalue weighted by Crippen LogP contribution is 2.51. The Hall–Kier alpha value is -2.28. The van der Waals surface area contributed by atoms with Crippen LogP contribution in [0.4, 0.5) is 0 Å². The van der Waals surface area contributed by atoms with E-state index in [1.54, 1.807) is 32.0 Å². The summed E-state index contributed by atoms with van der Waals surface area (Å²) in [4.78, 5) is 24.7. The van der Waals surface area contributed by atoms with Crippen LogP contribution in [-0.4, -0.2) is 49.5 Å². The Morgan fingerprint density at radius 3 is 2.44 bits per heavy atom. The number of hydrogen-bond acceptors (Lipinski definition) is 5. The zero-order valence-corrected chi connectivity index (χ0v) is 15.2. The third-order valence-electron chi connectivity index (χ3n) is 5.11. The molecule has 2 N–H and O–H groups in total. The number of methoxy groups -OCH3 is 2. The van der Waals surface area contributed by atoms with Gasteiger partial charge in [-0.25, -0.2) is 4.79 Å². The van der Waals surface area contributed by atoms with E-state index in [-0.39, 0.29) is 18.1 Å². The van der Waals surface area contributed by atoms with Gasteiger partial charge in [0.05, 0.1) is 25.9 Å². The summed E-state index contributed by atoms with van der Waals surface area (Å²) in [5.41, 5.74) is -1.89. The maximum Gasteiger partial charge on any atom is 0.330 e. The van der Waals surface area contributed by atoms with Crippen LogP contribution in [0.3, 0.4) is 0 Å². The normalized spacial score (nSPS) is 24.1. The number of aliphatic carboxylic acids is 1. The highest BCUT2D eigenvalue weighted by atomic mass is 16.5. The lowest BCUT2D eigenvalue weighted by Crippen LogP contribution is -2.76. The second kappa shape index (κ2) is 6.92. The third-order valence-corrected chi connectivity index (χ3v) is 5.11. The molecule has 1 amide bonds. The molecule has 0 aromatic heterocycles. The monoisotopic (exact) mass is 351 g/mol. The van der Waals surface area contributed by atoms with Crippen molar-refractivity contribution in [1.29, 1.82) is 0 Å². The van der Waals surface area contributed by atoms with Gasteiger partial charge in [-0.2, -0.15) is 0 Å². The van der Waals surface area contributed by atoms with Crippen LogP contribution in [-0.2, 0) is 9.53 Å². The maximum atomic E-state index is 12.8. The Bertz CT molecular complexity index is 672. The van der Waals surface area contributed by atoms with Gasteiger partial charge in [0.1, 0.15) is 17.0 Å². The summed E-state index contributed by atoms with van der Waals surface area (Å²) in [6.07, 6.45) is -0.0143. The average molecular weight is 351 g/mol. The lowest BCUT2D eigenvalue weighted by Gasteiger charge is -2.58. The minimum absolute atomic E-state index is 0.216. The van der Waals surface area contributed by atoms with Crippen molar-refractivity contribution in [3.63, 3.8) is 0 Å². The third kappa shape index (κ3) is 3.04. The van der Waals surface area contributed by atoms with E-state index in [1.807, 2.05) is 6.92 Å². The van der Waals surface area contributed by atoms with Crippen molar-refractivity contribution in [1.82, 2.24) is 5.32 Å². The molecule has 1 saturated carbocycles. The van der Waals surface area contributed by atoms with Crippen molar-refractivity contribution < 1.29 is 28.9 Å². The molecule has 1 fully saturated rings. The molecule has 1 aromatic carbocycles. The molecule has 1 aromatic rings. The van der Waals surface area contributed by atoms with Crippen LogP contribution in [0.5, 0.6) is 11.5 Å². The molecule has 25 heavy (non-hydrogen) atoms. The Kier molecular flexibility index (Phi) is 5.27. The quantitative estimate of drug-likeness (QED) is 0.781. The Balaban J connectivity index is 2.30. The molecule has 1 aliphatic carbocycles. The minimum atomic E-state index is -1.39. The molecular formula is C18H25NO6. The number of carbonyl (C=O) groups excluding carboxylic acids is 1. The largest absolute Gasteiger partial charge is 0.497 e. The van der Waals surface area contributed by atoms with Gasteiger partial charge in [-0.15, -0.1) is 0 Å². The number of carboxylic acids is 1. The minimum Gasteiger partial charge on any atom is -0.497 e. The van der Waals surface area contributed by atoms with Crippen molar-refractivity contribution >= 4 is 11.9 Å². The van der Waals surface area contributed by atoms with Crippen LogP contribution < -0.4 is 14.8 Å². The summed E-state index contributed by atoms with van der Waals surface area (Å²) in [7, 11) is 2.95. The number of hydrogen-bond donors (Lipinski definition) is 2. The highest BCUT2D eigenvalue weighted by Gasteiger charge is 2.66. The van der Waals surface area contributed by atoms with Crippen molar-refractivity contribution in [2.45, 2.75) is 38.8 Å². The van der Waals surface area contributed by atoms with Crippen LogP contribution >= 0.6 is 0 Å². The molecule has 7 heteroatoms. The van der Waals surface area contributed by atoms with Crippen molar-refractivity contribution in [2.24, 2.45) is 5.41 Å². The summed E-state index contributed by atoms with van der Waals surface area (Å²) in [5, 5.41) is 12.5. The van der Waals surface area contributed by atoms with E-state index in [2.05, 4.69) is 5.32 Å². The van der Waals surface area contributed by atoms with Gasteiger partial charge in [0.2, 0.25) is 0 Å². The molecule has 1 aliphatic rings. The van der Waals surface area contributed by atoms with E-state index in [4.69, 9.17) is 14.2 Å². The predicted octanol–water partition coefficient (Wildman–Crippen LogP) is 2.09. The van der Waals surface area contributed by atoms with Crippen molar-refractivity contribution in [2.75, 3.05) is 20.8 Å². The maximum absolute atomic E-state index is 12.8. The molecular weight excluding hydrogens is 326 g/mol. The molecule has 2 rings (SSSR count). The van der Waals surface area contributed by atoms with E-state index in [9.17, 15) is 14.7 Å². The number of amides is 1. The number of rotatable bonds is 7. The fraction of sp³-hybridized carbons (Fsp3) is 0.556. The lowest BCUT2D eigenvalue weighted by molar-refractivity contribution is -0.190. The van der Waals surface area contributed by atoms with E-state index < -0.39 is 22.8 Å². The fourth-order valence-corrected chi connectivity index (χ4v) is 3.28. The number of carbonyl (C=O) groups is 2. The SMILES string of the molecule is CCOC1CC(NC(=O)c2ccc(OC)cc2OC)(C(=O)O)C1(C)C. The molecule has 7 nitrogen and oxygen atoms in total. The molecule has 0 saturated heterocycles. The summed E-state index contributed by atoms with van der Waals surface area (Å²) < 4.78 is 16.0. The van der Waals surface area contributed by atoms with Crippen LogP contribution in [0, 0.1) is 5.41 Å². The summed E-state index contributed by atoms with van der Waals surface area (Å²) in [6.45, 7) is 5.93. The van der Waals surface area contributed by atoms with Crippen LogP contribution in [0.2, 0.25) is 0 Å². The fourth-order valence-electron chi connectivity index (χ4n) is 3.28. The Morgan fingerprint density at radius 1 is 1.28 bits per heavy atom. The van der Waals surface area contributed by atoms with E-state index in [0.717, 1.165) is 0 Å². The molecule has 2 unspecified atom stereocenters. The van der Waals surface area contributed by atoms with E-state index >= 15 is 0 Å². The van der Waals surface area contributed by atoms with Gasteiger partial charge < -0.3 is 24.6 Å². The van der Waals surface area contributed by atoms with E-state index in [0.29, 0.717) is 18.1 Å². The molecule has 0 heterocycles. The lowest BCUT2D eigenvalue weighted by atomic mass is 9.54. The highest BCUT2D eigenvalue weighted by molar-refractivity contribution is 6.01. The average Bonchev–Trinajstić information content (AvgIpc) is 2.59. The van der Waals surface area contributed by atoms with Crippen LogP contribution in [0.15, 0.2) is 18.2 Å². The van der Waals surface area contributed by atoms with Gasteiger partial charge in [0.15, 0.2) is 0 Å². The van der Waals surface area contributed by atoms with Gasteiger partial charge in [-0.05, 0) is 19.1 Å². The number of nitrogens with one attached hydrogen (secondary N) is 1. The van der Waals surface area contributed by atoms with Crippen molar-refractivity contribution in [3.8, 4) is 11.5 Å². The van der Waals surface area contributed by atoms with Crippen LogP contribution in [0.1, 0.15) is 37.6 Å². The zero-order chi connectivity index (χ0) is 18.8. The first-order chi connectivity index (χ1) is 11.7. The number of ether oxygens (including phenoxy) is 3. The molecule has 0 spiro atoms. The number of benzene rings is 1. The summed E-state index contributed by atoms with van der Waals surface area (Å²) in [5.74, 6) is -0.725. The molecule has 2 atom stereocenters. The molecule has 0 aliphatic heterocycles. The zero-order valence-electron chi connectivity index (χ0n) is 15.2. The van der Waals surface area contributed by atoms with Gasteiger partial charge in [0, 0.05) is 24.5 Å². The molecule has 0 radical (unpaired) electrons. The van der Waals surface area contributed by atoms with Gasteiger partial charge >= 0.3 is 5.97 Å². The van der Waals surface area contributed by atoms with Crippen molar-refractivity contribution in [3.05, 3.63) is 23.8 Å². The molecule has 138 valence electrons. The molecule has 0 bridgehead atoms. The standard InChI is InChI=1S/C18H25NO6/c1-6-25-14-10-18(16(21)22,17(14,2)3)19-15(20)12-8-7-11(23-4)9-13(12)24-5/h7-9,14H,6,10H2,1-5H3,(H,19,20)(H,21,22). The Morgan fingerprint density at radius 2 is 1.96 bits per heavy atom. The number of carboxylic acid groups (broad SMARTS) is 1. The second-order valence-corrected chi connectivity index (χ2v) is 6.60. The summed E-state index contributed by atoms with van der Waals surface area (Å²) >= 11 is 0. The predicted molar refractivity (Wildman–Crippen MR) is 91.2 cm³/mol. The van der Waals surface area contributed by atoms with Gasteiger partial charge in [0.25, 0.3) is 5.91 Å². The van der Waals surface area contributed by atoms with Crippen LogP contribution in [0.25, 0.3) is 0 Å². The topological polar surface area (TPSA) is 94.1 Å². The first kappa shape index (κ1) is 19.1.